The van der Waals surface area contributed by atoms with Crippen molar-refractivity contribution in [1.82, 2.24) is 4.90 Å². The monoisotopic (exact) mass is 287 g/mol. The Labute approximate surface area is 122 Å². The number of hydrogen-bond acceptors (Lipinski definition) is 3. The minimum absolute atomic E-state index is 0.206. The first kappa shape index (κ1) is 12.4. The standard InChI is InChI=1S/C16H17NO2S/c18-16(17-6-1-2-7-17)15-9-13-11(8-12-10-19-12)4-3-5-14(13)20-15/h3-5,9,12H,1-2,6-8,10H2/t12-/m0/s1. The summed E-state index contributed by atoms with van der Waals surface area (Å²) in [6, 6.07) is 8.43. The summed E-state index contributed by atoms with van der Waals surface area (Å²) in [5.74, 6) is 0.206. The molecule has 2 aliphatic rings. The maximum absolute atomic E-state index is 12.5. The lowest BCUT2D eigenvalue weighted by Gasteiger charge is -2.13. The second-order valence-electron chi connectivity index (χ2n) is 5.60. The van der Waals surface area contributed by atoms with Crippen molar-refractivity contribution in [3.05, 3.63) is 34.7 Å². The Morgan fingerprint density at radius 2 is 2.15 bits per heavy atom. The van der Waals surface area contributed by atoms with E-state index in [4.69, 9.17) is 4.74 Å². The minimum Gasteiger partial charge on any atom is -0.373 e. The molecule has 20 heavy (non-hydrogen) atoms. The number of carbonyl (C=O) groups is 1. The van der Waals surface area contributed by atoms with Gasteiger partial charge < -0.3 is 9.64 Å². The van der Waals surface area contributed by atoms with Crippen molar-refractivity contribution in [2.24, 2.45) is 0 Å². The summed E-state index contributed by atoms with van der Waals surface area (Å²) in [6.45, 7) is 2.70. The van der Waals surface area contributed by atoms with E-state index in [1.807, 2.05) is 4.90 Å². The summed E-state index contributed by atoms with van der Waals surface area (Å²) in [5.41, 5.74) is 1.31. The first-order chi connectivity index (χ1) is 9.81. The number of hydrogen-bond donors (Lipinski definition) is 0. The van der Waals surface area contributed by atoms with Crippen LogP contribution in [-0.4, -0.2) is 36.6 Å². The van der Waals surface area contributed by atoms with E-state index in [9.17, 15) is 4.79 Å². The number of likely N-dealkylation sites (tertiary alicyclic amines) is 1. The van der Waals surface area contributed by atoms with Gasteiger partial charge in [-0.25, -0.2) is 0 Å². The number of thiophene rings is 1. The molecule has 104 valence electrons. The van der Waals surface area contributed by atoms with Crippen LogP contribution < -0.4 is 0 Å². The molecule has 4 rings (SSSR count). The van der Waals surface area contributed by atoms with Gasteiger partial charge in [-0.1, -0.05) is 12.1 Å². The summed E-state index contributed by atoms with van der Waals surface area (Å²) in [7, 11) is 0. The fourth-order valence-electron chi connectivity index (χ4n) is 2.91. The summed E-state index contributed by atoms with van der Waals surface area (Å²) >= 11 is 1.62. The molecule has 2 aliphatic heterocycles. The first-order valence-corrected chi connectivity index (χ1v) is 8.05. The van der Waals surface area contributed by atoms with Crippen molar-refractivity contribution < 1.29 is 9.53 Å². The van der Waals surface area contributed by atoms with Crippen molar-refractivity contribution in [3.63, 3.8) is 0 Å². The number of rotatable bonds is 3. The number of fused-ring (bicyclic) bond motifs is 1. The Balaban J connectivity index is 1.68. The fraction of sp³-hybridized carbons (Fsp3) is 0.438. The zero-order valence-electron chi connectivity index (χ0n) is 11.3. The maximum Gasteiger partial charge on any atom is 0.263 e. The molecule has 1 amide bonds. The van der Waals surface area contributed by atoms with Crippen LogP contribution in [0, 0.1) is 0 Å². The Morgan fingerprint density at radius 1 is 1.35 bits per heavy atom. The Morgan fingerprint density at radius 3 is 2.90 bits per heavy atom. The molecule has 1 aromatic heterocycles. The molecular formula is C16H17NO2S. The number of amides is 1. The Kier molecular flexibility index (Phi) is 3.00. The van der Waals surface area contributed by atoms with Crippen LogP contribution >= 0.6 is 11.3 Å². The third kappa shape index (κ3) is 2.23. The van der Waals surface area contributed by atoms with E-state index in [1.165, 1.54) is 15.6 Å². The summed E-state index contributed by atoms with van der Waals surface area (Å²) in [6.07, 6.45) is 3.63. The van der Waals surface area contributed by atoms with Gasteiger partial charge >= 0.3 is 0 Å². The smallest absolute Gasteiger partial charge is 0.263 e. The highest BCUT2D eigenvalue weighted by molar-refractivity contribution is 7.20. The Hall–Kier alpha value is -1.39. The van der Waals surface area contributed by atoms with Gasteiger partial charge in [0.1, 0.15) is 0 Å². The number of carbonyl (C=O) groups excluding carboxylic acids is 1. The van der Waals surface area contributed by atoms with Crippen molar-refractivity contribution in [2.75, 3.05) is 19.7 Å². The predicted octanol–water partition coefficient (Wildman–Crippen LogP) is 3.08. The third-order valence-electron chi connectivity index (χ3n) is 4.11. The molecule has 1 atom stereocenters. The highest BCUT2D eigenvalue weighted by Gasteiger charge is 2.25. The van der Waals surface area contributed by atoms with Gasteiger partial charge in [-0.2, -0.15) is 0 Å². The van der Waals surface area contributed by atoms with Gasteiger partial charge in [0.25, 0.3) is 5.91 Å². The minimum atomic E-state index is 0.206. The van der Waals surface area contributed by atoms with Crippen molar-refractivity contribution >= 4 is 27.3 Å². The van der Waals surface area contributed by atoms with Crippen LogP contribution in [0.2, 0.25) is 0 Å². The van der Waals surface area contributed by atoms with Gasteiger partial charge in [0.05, 0.1) is 17.6 Å². The van der Waals surface area contributed by atoms with Crippen LogP contribution in [0.4, 0.5) is 0 Å². The molecule has 3 heterocycles. The van der Waals surface area contributed by atoms with E-state index in [0.717, 1.165) is 43.8 Å². The van der Waals surface area contributed by atoms with Crippen LogP contribution in [0.1, 0.15) is 28.1 Å². The molecule has 0 aliphatic carbocycles. The summed E-state index contributed by atoms with van der Waals surface area (Å²) < 4.78 is 6.54. The summed E-state index contributed by atoms with van der Waals surface area (Å²) in [4.78, 5) is 15.3. The molecule has 2 saturated heterocycles. The fourth-order valence-corrected chi connectivity index (χ4v) is 3.99. The van der Waals surface area contributed by atoms with E-state index in [-0.39, 0.29) is 5.91 Å². The van der Waals surface area contributed by atoms with Crippen LogP contribution in [0.5, 0.6) is 0 Å². The van der Waals surface area contributed by atoms with Gasteiger partial charge in [-0.05, 0) is 35.9 Å². The van der Waals surface area contributed by atoms with Gasteiger partial charge in [0.15, 0.2) is 0 Å². The molecule has 3 nitrogen and oxygen atoms in total. The van der Waals surface area contributed by atoms with E-state index in [1.54, 1.807) is 11.3 Å². The van der Waals surface area contributed by atoms with Crippen LogP contribution in [0.15, 0.2) is 24.3 Å². The van der Waals surface area contributed by atoms with Crippen molar-refractivity contribution in [2.45, 2.75) is 25.4 Å². The van der Waals surface area contributed by atoms with E-state index in [2.05, 4.69) is 24.3 Å². The summed E-state index contributed by atoms with van der Waals surface area (Å²) in [5, 5.41) is 1.23. The largest absolute Gasteiger partial charge is 0.373 e. The molecule has 0 unspecified atom stereocenters. The molecule has 0 spiro atoms. The van der Waals surface area contributed by atoms with E-state index < -0.39 is 0 Å². The molecule has 1 aromatic carbocycles. The van der Waals surface area contributed by atoms with Crippen LogP contribution in [0.25, 0.3) is 10.1 Å². The van der Waals surface area contributed by atoms with Gasteiger partial charge in [-0.15, -0.1) is 11.3 Å². The van der Waals surface area contributed by atoms with Crippen LogP contribution in [-0.2, 0) is 11.2 Å². The SMILES string of the molecule is O=C(c1cc2c(C[C@H]3CO3)cccc2s1)N1CCCC1. The highest BCUT2D eigenvalue weighted by Crippen LogP contribution is 2.31. The predicted molar refractivity (Wildman–Crippen MR) is 80.4 cm³/mol. The average Bonchev–Trinajstić information content (AvgIpc) is 2.97. The number of epoxide rings is 1. The zero-order valence-corrected chi connectivity index (χ0v) is 12.1. The normalized spacial score (nSPS) is 21.6. The van der Waals surface area contributed by atoms with Gasteiger partial charge in [0.2, 0.25) is 0 Å². The first-order valence-electron chi connectivity index (χ1n) is 7.23. The molecule has 4 heteroatoms. The average molecular weight is 287 g/mol. The highest BCUT2D eigenvalue weighted by atomic mass is 32.1. The number of ether oxygens (including phenoxy) is 1. The van der Waals surface area contributed by atoms with E-state index in [0.29, 0.717) is 6.10 Å². The molecule has 0 bridgehead atoms. The lowest BCUT2D eigenvalue weighted by molar-refractivity contribution is 0.0797. The van der Waals surface area contributed by atoms with E-state index >= 15 is 0 Å². The molecule has 2 fully saturated rings. The lowest BCUT2D eigenvalue weighted by atomic mass is 10.1. The zero-order chi connectivity index (χ0) is 13.5. The lowest BCUT2D eigenvalue weighted by Crippen LogP contribution is -2.26. The molecule has 0 radical (unpaired) electrons. The molecule has 0 N–H and O–H groups in total. The third-order valence-corrected chi connectivity index (χ3v) is 5.19. The topological polar surface area (TPSA) is 32.8 Å². The number of benzene rings is 1. The quantitative estimate of drug-likeness (QED) is 0.813. The number of nitrogens with zero attached hydrogens (tertiary/aromatic N) is 1. The Bertz CT molecular complexity index is 654. The van der Waals surface area contributed by atoms with Crippen molar-refractivity contribution in [1.29, 1.82) is 0 Å². The molecule has 2 aromatic rings. The second kappa shape index (κ2) is 4.86. The van der Waals surface area contributed by atoms with Crippen molar-refractivity contribution in [3.8, 4) is 0 Å². The van der Waals surface area contributed by atoms with Crippen LogP contribution in [0.3, 0.4) is 0 Å². The second-order valence-corrected chi connectivity index (χ2v) is 6.68. The van der Waals surface area contributed by atoms with Gasteiger partial charge in [0, 0.05) is 24.2 Å². The van der Waals surface area contributed by atoms with Gasteiger partial charge in [-0.3, -0.25) is 4.79 Å². The molecular weight excluding hydrogens is 270 g/mol. The molecule has 0 saturated carbocycles. The maximum atomic E-state index is 12.5.